The Labute approximate surface area is 114 Å². The van der Waals surface area contributed by atoms with Gasteiger partial charge in [0.2, 0.25) is 11.5 Å². The SMILES string of the molecule is CCC(NC(=O)c1nonc1N)c1ccc(Cl)cc1. The number of halogens is 1. The topological polar surface area (TPSA) is 94.0 Å². The first-order valence-corrected chi connectivity index (χ1v) is 6.14. The van der Waals surface area contributed by atoms with E-state index in [1.807, 2.05) is 19.1 Å². The van der Waals surface area contributed by atoms with Crippen LogP contribution in [0.1, 0.15) is 35.4 Å². The van der Waals surface area contributed by atoms with Gasteiger partial charge in [0.05, 0.1) is 6.04 Å². The first kappa shape index (κ1) is 13.4. The Morgan fingerprint density at radius 2 is 2.11 bits per heavy atom. The molecule has 0 aliphatic heterocycles. The number of nitrogen functional groups attached to an aromatic ring is 1. The molecule has 0 aliphatic carbocycles. The summed E-state index contributed by atoms with van der Waals surface area (Å²) in [5.74, 6) is -0.441. The van der Waals surface area contributed by atoms with Crippen molar-refractivity contribution < 1.29 is 9.42 Å². The number of nitrogens with one attached hydrogen (secondary N) is 1. The third kappa shape index (κ3) is 3.03. The third-order valence-electron chi connectivity index (χ3n) is 2.71. The molecule has 19 heavy (non-hydrogen) atoms. The molecule has 0 spiro atoms. The molecule has 1 aromatic heterocycles. The lowest BCUT2D eigenvalue weighted by Crippen LogP contribution is -2.29. The second-order valence-corrected chi connectivity index (χ2v) is 4.42. The van der Waals surface area contributed by atoms with Crippen molar-refractivity contribution in [2.75, 3.05) is 5.73 Å². The third-order valence-corrected chi connectivity index (χ3v) is 2.97. The van der Waals surface area contributed by atoms with Gasteiger partial charge in [0.15, 0.2) is 0 Å². The van der Waals surface area contributed by atoms with Crippen LogP contribution in [0.15, 0.2) is 28.9 Å². The number of hydrogen-bond acceptors (Lipinski definition) is 5. The van der Waals surface area contributed by atoms with Crippen LogP contribution in [0, 0.1) is 0 Å². The molecule has 0 bridgehead atoms. The zero-order chi connectivity index (χ0) is 13.8. The molecule has 1 atom stereocenters. The van der Waals surface area contributed by atoms with Gasteiger partial charge in [-0.15, -0.1) is 0 Å². The Morgan fingerprint density at radius 3 is 2.63 bits per heavy atom. The molecule has 3 N–H and O–H groups in total. The minimum Gasteiger partial charge on any atom is -0.379 e. The van der Waals surface area contributed by atoms with E-state index >= 15 is 0 Å². The van der Waals surface area contributed by atoms with E-state index in [-0.39, 0.29) is 17.6 Å². The molecule has 7 heteroatoms. The van der Waals surface area contributed by atoms with Gasteiger partial charge in [-0.3, -0.25) is 4.79 Å². The Hall–Kier alpha value is -2.08. The summed E-state index contributed by atoms with van der Waals surface area (Å²) in [4.78, 5) is 12.0. The minimum atomic E-state index is -0.416. The molecule has 1 amide bonds. The van der Waals surface area contributed by atoms with E-state index in [1.165, 1.54) is 0 Å². The molecule has 1 unspecified atom stereocenters. The maximum absolute atomic E-state index is 12.0. The lowest BCUT2D eigenvalue weighted by atomic mass is 10.0. The monoisotopic (exact) mass is 280 g/mol. The second-order valence-electron chi connectivity index (χ2n) is 3.98. The van der Waals surface area contributed by atoms with Gasteiger partial charge in [-0.05, 0) is 34.4 Å². The van der Waals surface area contributed by atoms with Crippen molar-refractivity contribution in [1.29, 1.82) is 0 Å². The molecule has 0 saturated carbocycles. The normalized spacial score (nSPS) is 12.1. The molecule has 2 aromatic rings. The van der Waals surface area contributed by atoms with Gasteiger partial charge in [0.1, 0.15) is 0 Å². The van der Waals surface area contributed by atoms with Crippen molar-refractivity contribution in [2.24, 2.45) is 0 Å². The molecular formula is C12H13ClN4O2. The van der Waals surface area contributed by atoms with Crippen LogP contribution in [-0.2, 0) is 0 Å². The van der Waals surface area contributed by atoms with Crippen LogP contribution in [0.2, 0.25) is 5.02 Å². The predicted molar refractivity (Wildman–Crippen MR) is 70.7 cm³/mol. The summed E-state index contributed by atoms with van der Waals surface area (Å²) in [7, 11) is 0. The number of benzene rings is 1. The summed E-state index contributed by atoms with van der Waals surface area (Å²) in [5, 5.41) is 10.3. The lowest BCUT2D eigenvalue weighted by molar-refractivity contribution is 0.0926. The van der Waals surface area contributed by atoms with Gasteiger partial charge in [-0.25, -0.2) is 4.63 Å². The summed E-state index contributed by atoms with van der Waals surface area (Å²) in [6, 6.07) is 7.12. The second kappa shape index (κ2) is 5.71. The van der Waals surface area contributed by atoms with Gasteiger partial charge in [0.25, 0.3) is 5.91 Å². The van der Waals surface area contributed by atoms with E-state index in [9.17, 15) is 4.79 Å². The average Bonchev–Trinajstić information content (AvgIpc) is 2.83. The smallest absolute Gasteiger partial charge is 0.277 e. The molecule has 0 saturated heterocycles. The number of anilines is 1. The fraction of sp³-hybridized carbons (Fsp3) is 0.250. The fourth-order valence-electron chi connectivity index (χ4n) is 1.70. The molecule has 0 radical (unpaired) electrons. The average molecular weight is 281 g/mol. The molecular weight excluding hydrogens is 268 g/mol. The van der Waals surface area contributed by atoms with Gasteiger partial charge in [-0.1, -0.05) is 30.7 Å². The maximum atomic E-state index is 12.0. The summed E-state index contributed by atoms with van der Waals surface area (Å²) in [6.07, 6.45) is 0.721. The van der Waals surface area contributed by atoms with Gasteiger partial charge < -0.3 is 11.1 Å². The van der Waals surface area contributed by atoms with Crippen molar-refractivity contribution in [3.8, 4) is 0 Å². The molecule has 1 heterocycles. The number of rotatable bonds is 4. The van der Waals surface area contributed by atoms with E-state index in [4.69, 9.17) is 17.3 Å². The van der Waals surface area contributed by atoms with Gasteiger partial charge in [-0.2, -0.15) is 0 Å². The van der Waals surface area contributed by atoms with Crippen LogP contribution >= 0.6 is 11.6 Å². The van der Waals surface area contributed by atoms with Crippen LogP contribution < -0.4 is 11.1 Å². The molecule has 2 rings (SSSR count). The van der Waals surface area contributed by atoms with Crippen LogP contribution in [0.25, 0.3) is 0 Å². The highest BCUT2D eigenvalue weighted by molar-refractivity contribution is 6.30. The number of carbonyl (C=O) groups excluding carboxylic acids is 1. The number of hydrogen-bond donors (Lipinski definition) is 2. The number of nitrogens with two attached hydrogens (primary N) is 1. The lowest BCUT2D eigenvalue weighted by Gasteiger charge is -2.16. The van der Waals surface area contributed by atoms with Crippen molar-refractivity contribution in [1.82, 2.24) is 15.6 Å². The summed E-state index contributed by atoms with van der Waals surface area (Å²) in [5.41, 5.74) is 6.42. The highest BCUT2D eigenvalue weighted by atomic mass is 35.5. The van der Waals surface area contributed by atoms with E-state index in [0.717, 1.165) is 12.0 Å². The molecule has 100 valence electrons. The Kier molecular flexibility index (Phi) is 4.01. The fourth-order valence-corrected chi connectivity index (χ4v) is 1.82. The number of amides is 1. The van der Waals surface area contributed by atoms with E-state index in [1.54, 1.807) is 12.1 Å². The predicted octanol–water partition coefficient (Wildman–Crippen LogP) is 2.19. The van der Waals surface area contributed by atoms with Crippen LogP contribution in [0.4, 0.5) is 5.82 Å². The van der Waals surface area contributed by atoms with E-state index in [0.29, 0.717) is 5.02 Å². The van der Waals surface area contributed by atoms with Crippen molar-refractivity contribution in [2.45, 2.75) is 19.4 Å². The largest absolute Gasteiger partial charge is 0.379 e. The maximum Gasteiger partial charge on any atom is 0.277 e. The molecule has 6 nitrogen and oxygen atoms in total. The molecule has 1 aromatic carbocycles. The first-order valence-electron chi connectivity index (χ1n) is 5.76. The summed E-state index contributed by atoms with van der Waals surface area (Å²) < 4.78 is 4.40. The Morgan fingerprint density at radius 1 is 1.42 bits per heavy atom. The first-order chi connectivity index (χ1) is 9.11. The zero-order valence-electron chi connectivity index (χ0n) is 10.3. The summed E-state index contributed by atoms with van der Waals surface area (Å²) in [6.45, 7) is 1.96. The highest BCUT2D eigenvalue weighted by Crippen LogP contribution is 2.20. The molecule has 0 aliphatic rings. The molecule has 0 fully saturated rings. The minimum absolute atomic E-state index is 0.00702. The van der Waals surface area contributed by atoms with Gasteiger partial charge >= 0.3 is 0 Å². The van der Waals surface area contributed by atoms with Crippen molar-refractivity contribution >= 4 is 23.3 Å². The zero-order valence-corrected chi connectivity index (χ0v) is 11.0. The Bertz CT molecular complexity index is 567. The van der Waals surface area contributed by atoms with Crippen LogP contribution in [0.5, 0.6) is 0 Å². The number of carbonyl (C=O) groups is 1. The summed E-state index contributed by atoms with van der Waals surface area (Å²) >= 11 is 5.83. The van der Waals surface area contributed by atoms with E-state index in [2.05, 4.69) is 20.3 Å². The van der Waals surface area contributed by atoms with E-state index < -0.39 is 5.91 Å². The van der Waals surface area contributed by atoms with Crippen LogP contribution in [-0.4, -0.2) is 16.2 Å². The number of aromatic nitrogens is 2. The van der Waals surface area contributed by atoms with Crippen molar-refractivity contribution in [3.05, 3.63) is 40.5 Å². The highest BCUT2D eigenvalue weighted by Gasteiger charge is 2.19. The van der Waals surface area contributed by atoms with Gasteiger partial charge in [0, 0.05) is 5.02 Å². The quantitative estimate of drug-likeness (QED) is 0.895. The standard InChI is InChI=1S/C12H13ClN4O2/c1-2-9(7-3-5-8(13)6-4-7)15-12(18)10-11(14)17-19-16-10/h3-6,9H,2H2,1H3,(H2,14,17)(H,15,18). The number of nitrogens with zero attached hydrogens (tertiary/aromatic N) is 2. The van der Waals surface area contributed by atoms with Crippen LogP contribution in [0.3, 0.4) is 0 Å². The Balaban J connectivity index is 2.13. The van der Waals surface area contributed by atoms with Crippen molar-refractivity contribution in [3.63, 3.8) is 0 Å².